The van der Waals surface area contributed by atoms with Crippen LogP contribution in [0.15, 0.2) is 30.6 Å². The molecule has 0 saturated carbocycles. The van der Waals surface area contributed by atoms with Crippen LogP contribution in [0.25, 0.3) is 11.1 Å². The van der Waals surface area contributed by atoms with E-state index in [1.165, 1.54) is 12.1 Å². The Morgan fingerprint density at radius 1 is 1.27 bits per heavy atom. The van der Waals surface area contributed by atoms with Crippen LogP contribution in [-0.2, 0) is 13.6 Å². The molecule has 2 aromatic heterocycles. The Morgan fingerprint density at radius 2 is 2.05 bits per heavy atom. The number of nitrogens with zero attached hydrogens (tertiary/aromatic N) is 4. The molecule has 2 heterocycles. The van der Waals surface area contributed by atoms with Crippen molar-refractivity contribution in [3.8, 4) is 11.1 Å². The fourth-order valence-electron chi connectivity index (χ4n) is 2.56. The zero-order chi connectivity index (χ0) is 15.9. The molecule has 0 radical (unpaired) electrons. The number of aromatic nitrogens is 4. The Balaban J connectivity index is 1.91. The zero-order valence-electron chi connectivity index (χ0n) is 12.6. The molecule has 0 atom stereocenters. The summed E-state index contributed by atoms with van der Waals surface area (Å²) in [5, 5.41) is 9.29. The maximum atomic E-state index is 13.2. The fraction of sp³-hybridized carbons (Fsp3) is 0.250. The monoisotopic (exact) mass is 318 g/mol. The van der Waals surface area contributed by atoms with E-state index in [2.05, 4.69) is 10.2 Å². The van der Waals surface area contributed by atoms with E-state index in [4.69, 9.17) is 11.6 Å². The molecule has 4 nitrogen and oxygen atoms in total. The average molecular weight is 319 g/mol. The summed E-state index contributed by atoms with van der Waals surface area (Å²) in [5.74, 6) is -0.230. The minimum absolute atomic E-state index is 0.230. The minimum Gasteiger partial charge on any atom is -0.267 e. The Morgan fingerprint density at radius 3 is 2.68 bits per heavy atom. The third kappa shape index (κ3) is 2.64. The first kappa shape index (κ1) is 14.8. The van der Waals surface area contributed by atoms with Crippen LogP contribution in [0.2, 0.25) is 5.15 Å². The Kier molecular flexibility index (Phi) is 3.74. The first-order valence-corrected chi connectivity index (χ1v) is 7.30. The van der Waals surface area contributed by atoms with E-state index in [1.807, 2.05) is 31.8 Å². The summed E-state index contributed by atoms with van der Waals surface area (Å²) in [6.45, 7) is 4.37. The molecule has 3 rings (SSSR count). The van der Waals surface area contributed by atoms with Crippen molar-refractivity contribution in [2.24, 2.45) is 7.05 Å². The lowest BCUT2D eigenvalue weighted by Crippen LogP contribution is -2.01. The number of halogens is 2. The van der Waals surface area contributed by atoms with E-state index >= 15 is 0 Å². The molecule has 22 heavy (non-hydrogen) atoms. The van der Waals surface area contributed by atoms with Crippen LogP contribution in [0.4, 0.5) is 4.39 Å². The number of benzene rings is 1. The molecule has 0 saturated heterocycles. The SMILES string of the molecule is Cc1cc(F)ccc1-c1cnn(Cc2c(C)nn(C)c2Cl)c1. The Hall–Kier alpha value is -2.14. The standard InChI is InChI=1S/C16H16ClFN4/c1-10-6-13(18)4-5-14(10)12-7-19-22(8-12)9-15-11(2)20-21(3)16(15)17/h4-8H,9H2,1-3H3. The summed E-state index contributed by atoms with van der Waals surface area (Å²) in [5.41, 5.74) is 4.66. The lowest BCUT2D eigenvalue weighted by Gasteiger charge is -2.03. The van der Waals surface area contributed by atoms with Crippen molar-refractivity contribution in [2.45, 2.75) is 20.4 Å². The molecule has 0 amide bonds. The van der Waals surface area contributed by atoms with E-state index in [0.29, 0.717) is 11.7 Å². The number of rotatable bonds is 3. The van der Waals surface area contributed by atoms with Gasteiger partial charge in [0.25, 0.3) is 0 Å². The first-order valence-electron chi connectivity index (χ1n) is 6.92. The molecule has 0 spiro atoms. The van der Waals surface area contributed by atoms with Crippen LogP contribution >= 0.6 is 11.6 Å². The molecule has 1 aromatic carbocycles. The molecule has 0 N–H and O–H groups in total. The fourth-order valence-corrected chi connectivity index (χ4v) is 2.79. The summed E-state index contributed by atoms with van der Waals surface area (Å²) in [6, 6.07) is 4.75. The minimum atomic E-state index is -0.230. The smallest absolute Gasteiger partial charge is 0.132 e. The van der Waals surface area contributed by atoms with Crippen molar-refractivity contribution in [1.29, 1.82) is 0 Å². The Bertz CT molecular complexity index is 835. The van der Waals surface area contributed by atoms with Gasteiger partial charge >= 0.3 is 0 Å². The van der Waals surface area contributed by atoms with E-state index in [1.54, 1.807) is 16.9 Å². The predicted octanol–water partition coefficient (Wildman–Crippen LogP) is 3.74. The first-order chi connectivity index (χ1) is 10.5. The quantitative estimate of drug-likeness (QED) is 0.737. The third-order valence-corrected chi connectivity index (χ3v) is 4.20. The summed E-state index contributed by atoms with van der Waals surface area (Å²) < 4.78 is 16.7. The number of hydrogen-bond acceptors (Lipinski definition) is 2. The maximum absolute atomic E-state index is 13.2. The van der Waals surface area contributed by atoms with Gasteiger partial charge in [-0.05, 0) is 37.1 Å². The van der Waals surface area contributed by atoms with Crippen molar-refractivity contribution in [3.63, 3.8) is 0 Å². The van der Waals surface area contributed by atoms with Gasteiger partial charge in [0, 0.05) is 24.4 Å². The molecule has 0 aliphatic heterocycles. The summed E-state index contributed by atoms with van der Waals surface area (Å²) in [4.78, 5) is 0. The molecular formula is C16H16ClFN4. The third-order valence-electron chi connectivity index (χ3n) is 3.72. The second-order valence-electron chi connectivity index (χ2n) is 5.36. The van der Waals surface area contributed by atoms with E-state index in [0.717, 1.165) is 27.9 Å². The molecule has 0 unspecified atom stereocenters. The van der Waals surface area contributed by atoms with Gasteiger partial charge in [0.1, 0.15) is 11.0 Å². The second-order valence-corrected chi connectivity index (χ2v) is 5.72. The maximum Gasteiger partial charge on any atom is 0.132 e. The molecule has 0 aliphatic carbocycles. The van der Waals surface area contributed by atoms with Gasteiger partial charge in [-0.15, -0.1) is 0 Å². The van der Waals surface area contributed by atoms with Gasteiger partial charge in [0.05, 0.1) is 18.4 Å². The van der Waals surface area contributed by atoms with E-state index in [9.17, 15) is 4.39 Å². The van der Waals surface area contributed by atoms with Gasteiger partial charge in [-0.2, -0.15) is 10.2 Å². The normalized spacial score (nSPS) is 11.1. The molecule has 3 aromatic rings. The van der Waals surface area contributed by atoms with E-state index < -0.39 is 0 Å². The highest BCUT2D eigenvalue weighted by Gasteiger charge is 2.13. The van der Waals surface area contributed by atoms with Crippen LogP contribution in [-0.4, -0.2) is 19.6 Å². The lowest BCUT2D eigenvalue weighted by atomic mass is 10.0. The van der Waals surface area contributed by atoms with Gasteiger partial charge in [-0.1, -0.05) is 17.7 Å². The highest BCUT2D eigenvalue weighted by Crippen LogP contribution is 2.25. The largest absolute Gasteiger partial charge is 0.267 e. The van der Waals surface area contributed by atoms with Gasteiger partial charge in [-0.25, -0.2) is 4.39 Å². The molecule has 6 heteroatoms. The summed E-state index contributed by atoms with van der Waals surface area (Å²) in [7, 11) is 1.81. The molecule has 114 valence electrons. The van der Waals surface area contributed by atoms with Crippen LogP contribution in [0.3, 0.4) is 0 Å². The van der Waals surface area contributed by atoms with Crippen LogP contribution < -0.4 is 0 Å². The van der Waals surface area contributed by atoms with Gasteiger partial charge in [0.2, 0.25) is 0 Å². The van der Waals surface area contributed by atoms with Crippen LogP contribution in [0.1, 0.15) is 16.8 Å². The molecule has 0 bridgehead atoms. The Labute approximate surface area is 133 Å². The number of aryl methyl sites for hydroxylation is 3. The van der Waals surface area contributed by atoms with Crippen molar-refractivity contribution in [3.05, 3.63) is 58.4 Å². The van der Waals surface area contributed by atoms with Gasteiger partial charge in [-0.3, -0.25) is 9.36 Å². The van der Waals surface area contributed by atoms with Crippen molar-refractivity contribution >= 4 is 11.6 Å². The topological polar surface area (TPSA) is 35.6 Å². The van der Waals surface area contributed by atoms with Crippen molar-refractivity contribution in [1.82, 2.24) is 19.6 Å². The lowest BCUT2D eigenvalue weighted by molar-refractivity contribution is 0.627. The van der Waals surface area contributed by atoms with Gasteiger partial charge in [0.15, 0.2) is 0 Å². The highest BCUT2D eigenvalue weighted by atomic mass is 35.5. The summed E-state index contributed by atoms with van der Waals surface area (Å²) >= 11 is 6.25. The van der Waals surface area contributed by atoms with Crippen LogP contribution in [0.5, 0.6) is 0 Å². The number of hydrogen-bond donors (Lipinski definition) is 0. The molecular weight excluding hydrogens is 303 g/mol. The highest BCUT2D eigenvalue weighted by molar-refractivity contribution is 6.30. The predicted molar refractivity (Wildman–Crippen MR) is 84.4 cm³/mol. The second kappa shape index (κ2) is 5.57. The van der Waals surface area contributed by atoms with Crippen molar-refractivity contribution < 1.29 is 4.39 Å². The van der Waals surface area contributed by atoms with Crippen molar-refractivity contribution in [2.75, 3.05) is 0 Å². The summed E-state index contributed by atoms with van der Waals surface area (Å²) in [6.07, 6.45) is 3.71. The van der Waals surface area contributed by atoms with Crippen LogP contribution in [0, 0.1) is 19.7 Å². The molecule has 0 fully saturated rings. The van der Waals surface area contributed by atoms with E-state index in [-0.39, 0.29) is 5.82 Å². The molecule has 0 aliphatic rings. The average Bonchev–Trinajstić information content (AvgIpc) is 3.00. The van der Waals surface area contributed by atoms with Gasteiger partial charge < -0.3 is 0 Å². The zero-order valence-corrected chi connectivity index (χ0v) is 13.4.